The van der Waals surface area contributed by atoms with E-state index in [1.165, 1.54) is 31.0 Å². The van der Waals surface area contributed by atoms with Crippen LogP contribution in [0.3, 0.4) is 0 Å². The minimum Gasteiger partial charge on any atom is -0.497 e. The number of nitrogens with one attached hydrogen (secondary N) is 2. The molecule has 2 aromatic carbocycles. The number of rotatable bonds is 9. The van der Waals surface area contributed by atoms with Gasteiger partial charge in [-0.3, -0.25) is 4.79 Å². The van der Waals surface area contributed by atoms with Crippen LogP contribution in [0, 0.1) is 6.92 Å². The molecule has 4 rings (SSSR count). The highest BCUT2D eigenvalue weighted by molar-refractivity contribution is 8.00. The van der Waals surface area contributed by atoms with E-state index >= 15 is 0 Å². The number of anilines is 2. The topological polar surface area (TPSA) is 81.1 Å². The highest BCUT2D eigenvalue weighted by atomic mass is 32.2. The zero-order valence-electron chi connectivity index (χ0n) is 20.1. The van der Waals surface area contributed by atoms with Gasteiger partial charge in [0.05, 0.1) is 18.9 Å². The van der Waals surface area contributed by atoms with Gasteiger partial charge < -0.3 is 19.9 Å². The zero-order valence-corrected chi connectivity index (χ0v) is 20.9. The van der Waals surface area contributed by atoms with Crippen molar-refractivity contribution in [3.05, 3.63) is 59.9 Å². The van der Waals surface area contributed by atoms with Crippen LogP contribution in [0.15, 0.2) is 53.7 Å². The Morgan fingerprint density at radius 2 is 1.88 bits per heavy atom. The molecule has 3 aromatic rings. The summed E-state index contributed by atoms with van der Waals surface area (Å²) < 4.78 is 7.59. The van der Waals surface area contributed by atoms with Gasteiger partial charge in [-0.2, -0.15) is 0 Å². The van der Waals surface area contributed by atoms with Crippen molar-refractivity contribution >= 4 is 29.0 Å². The third kappa shape index (κ3) is 6.11. The van der Waals surface area contributed by atoms with Crippen molar-refractivity contribution in [2.24, 2.45) is 0 Å². The summed E-state index contributed by atoms with van der Waals surface area (Å²) >= 11 is 1.47. The van der Waals surface area contributed by atoms with Gasteiger partial charge in [-0.1, -0.05) is 49.2 Å². The van der Waals surface area contributed by atoms with E-state index in [1.807, 2.05) is 62.4 Å². The van der Waals surface area contributed by atoms with E-state index in [9.17, 15) is 4.79 Å². The lowest BCUT2D eigenvalue weighted by atomic mass is 9.95. The average molecular weight is 480 g/mol. The third-order valence-corrected chi connectivity index (χ3v) is 7.19. The molecule has 1 heterocycles. The highest BCUT2D eigenvalue weighted by Gasteiger charge is 2.26. The van der Waals surface area contributed by atoms with Crippen LogP contribution in [0.1, 0.15) is 56.5 Å². The van der Waals surface area contributed by atoms with Gasteiger partial charge in [-0.25, -0.2) is 0 Å². The first kappa shape index (κ1) is 24.1. The average Bonchev–Trinajstić information content (AvgIpc) is 3.25. The number of carbonyl (C=O) groups is 1. The molecule has 1 unspecified atom stereocenters. The van der Waals surface area contributed by atoms with Crippen molar-refractivity contribution in [2.75, 3.05) is 17.7 Å². The maximum atomic E-state index is 12.9. The van der Waals surface area contributed by atoms with Gasteiger partial charge >= 0.3 is 0 Å². The standard InChI is InChI=1S/C26H33N5O2S/c1-18-9-7-11-21(15-18)28-25(32)19(2)34-26-30-29-24(31(26)22-12-5-4-6-13-22)17-27-20-10-8-14-23(16-20)33-3/h7-11,14-16,19,22,27H,4-6,12-13,17H2,1-3H3,(H,28,32). The number of ether oxygens (including phenoxy) is 1. The lowest BCUT2D eigenvalue weighted by Crippen LogP contribution is -2.24. The number of aryl methyl sites for hydroxylation is 1. The first-order valence-corrected chi connectivity index (χ1v) is 12.8. The number of benzene rings is 2. The number of carbonyl (C=O) groups excluding carboxylic acids is 1. The van der Waals surface area contributed by atoms with E-state index in [0.29, 0.717) is 12.6 Å². The first-order chi connectivity index (χ1) is 16.5. The van der Waals surface area contributed by atoms with Crippen LogP contribution >= 0.6 is 11.8 Å². The molecule has 1 fully saturated rings. The molecule has 7 nitrogen and oxygen atoms in total. The summed E-state index contributed by atoms with van der Waals surface area (Å²) in [6.07, 6.45) is 5.91. The molecule has 8 heteroatoms. The Morgan fingerprint density at radius 3 is 2.65 bits per heavy atom. The fraction of sp³-hybridized carbons (Fsp3) is 0.423. The van der Waals surface area contributed by atoms with E-state index < -0.39 is 0 Å². The lowest BCUT2D eigenvalue weighted by molar-refractivity contribution is -0.115. The Bertz CT molecular complexity index is 1110. The number of hydrogen-bond acceptors (Lipinski definition) is 6. The number of hydrogen-bond donors (Lipinski definition) is 2. The van der Waals surface area contributed by atoms with Gasteiger partial charge in [0.1, 0.15) is 5.75 Å². The second-order valence-electron chi connectivity index (χ2n) is 8.76. The summed E-state index contributed by atoms with van der Waals surface area (Å²) in [5.41, 5.74) is 2.90. The van der Waals surface area contributed by atoms with Crippen molar-refractivity contribution in [3.63, 3.8) is 0 Å². The van der Waals surface area contributed by atoms with Crippen LogP contribution < -0.4 is 15.4 Å². The Balaban J connectivity index is 1.49. The summed E-state index contributed by atoms with van der Waals surface area (Å²) in [7, 11) is 1.67. The quantitative estimate of drug-likeness (QED) is 0.376. The van der Waals surface area contributed by atoms with Crippen LogP contribution in [0.2, 0.25) is 0 Å². The van der Waals surface area contributed by atoms with Crippen molar-refractivity contribution in [1.29, 1.82) is 0 Å². The maximum Gasteiger partial charge on any atom is 0.237 e. The Kier molecular flexibility index (Phi) is 8.11. The fourth-order valence-electron chi connectivity index (χ4n) is 4.31. The normalized spacial score (nSPS) is 15.0. The molecule has 1 amide bonds. The molecule has 1 saturated carbocycles. The van der Waals surface area contributed by atoms with Gasteiger partial charge in [0, 0.05) is 23.5 Å². The van der Waals surface area contributed by atoms with E-state index in [4.69, 9.17) is 4.74 Å². The maximum absolute atomic E-state index is 12.9. The Hall–Kier alpha value is -3.00. The van der Waals surface area contributed by atoms with Crippen molar-refractivity contribution < 1.29 is 9.53 Å². The van der Waals surface area contributed by atoms with Crippen molar-refractivity contribution in [1.82, 2.24) is 14.8 Å². The summed E-state index contributed by atoms with van der Waals surface area (Å²) in [5.74, 6) is 1.66. The largest absolute Gasteiger partial charge is 0.497 e. The van der Waals surface area contributed by atoms with Crippen LogP contribution in [-0.4, -0.2) is 33.0 Å². The number of nitrogens with zero attached hydrogens (tertiary/aromatic N) is 3. The Morgan fingerprint density at radius 1 is 1.12 bits per heavy atom. The molecule has 1 atom stereocenters. The Labute approximate surface area is 205 Å². The van der Waals surface area contributed by atoms with E-state index in [1.54, 1.807) is 7.11 Å². The van der Waals surface area contributed by atoms with Crippen LogP contribution in [-0.2, 0) is 11.3 Å². The van der Waals surface area contributed by atoms with Crippen molar-refractivity contribution in [2.45, 2.75) is 68.9 Å². The zero-order chi connectivity index (χ0) is 23.9. The fourth-order valence-corrected chi connectivity index (χ4v) is 5.24. The number of methoxy groups -OCH3 is 1. The molecule has 0 saturated heterocycles. The molecule has 180 valence electrons. The SMILES string of the molecule is COc1cccc(NCc2nnc(SC(C)C(=O)Nc3cccc(C)c3)n2C2CCCCC2)c1. The van der Waals surface area contributed by atoms with E-state index in [0.717, 1.165) is 46.5 Å². The molecule has 0 radical (unpaired) electrons. The minimum atomic E-state index is -0.300. The molecule has 2 N–H and O–H groups in total. The minimum absolute atomic E-state index is 0.0372. The third-order valence-electron chi connectivity index (χ3n) is 6.13. The van der Waals surface area contributed by atoms with E-state index in [2.05, 4.69) is 25.4 Å². The second kappa shape index (κ2) is 11.4. The smallest absolute Gasteiger partial charge is 0.237 e. The van der Waals surface area contributed by atoms with Crippen molar-refractivity contribution in [3.8, 4) is 5.75 Å². The molecular weight excluding hydrogens is 446 g/mol. The summed E-state index contributed by atoms with van der Waals surface area (Å²) in [6, 6.07) is 16.1. The number of aromatic nitrogens is 3. The van der Waals surface area contributed by atoms with Gasteiger partial charge in [-0.05, 0) is 56.5 Å². The van der Waals surface area contributed by atoms with Gasteiger partial charge in [-0.15, -0.1) is 10.2 Å². The van der Waals surface area contributed by atoms with Gasteiger partial charge in [0.2, 0.25) is 5.91 Å². The molecular formula is C26H33N5O2S. The molecule has 1 aromatic heterocycles. The highest BCUT2D eigenvalue weighted by Crippen LogP contribution is 2.34. The van der Waals surface area contributed by atoms with Gasteiger partial charge in [0.25, 0.3) is 0 Å². The molecule has 0 bridgehead atoms. The first-order valence-electron chi connectivity index (χ1n) is 11.9. The summed E-state index contributed by atoms with van der Waals surface area (Å²) in [4.78, 5) is 12.9. The molecule has 34 heavy (non-hydrogen) atoms. The number of amides is 1. The van der Waals surface area contributed by atoms with Crippen LogP contribution in [0.25, 0.3) is 0 Å². The van der Waals surface area contributed by atoms with E-state index in [-0.39, 0.29) is 11.2 Å². The second-order valence-corrected chi connectivity index (χ2v) is 10.1. The molecule has 0 aliphatic heterocycles. The molecule has 0 spiro atoms. The van der Waals surface area contributed by atoms with Crippen LogP contribution in [0.4, 0.5) is 11.4 Å². The monoisotopic (exact) mass is 479 g/mol. The van der Waals surface area contributed by atoms with Crippen LogP contribution in [0.5, 0.6) is 5.75 Å². The lowest BCUT2D eigenvalue weighted by Gasteiger charge is -2.26. The predicted octanol–water partition coefficient (Wildman–Crippen LogP) is 5.83. The summed E-state index contributed by atoms with van der Waals surface area (Å²) in [6.45, 7) is 4.49. The predicted molar refractivity (Wildman–Crippen MR) is 138 cm³/mol. The summed E-state index contributed by atoms with van der Waals surface area (Å²) in [5, 5.41) is 16.0. The number of thioether (sulfide) groups is 1. The molecule has 1 aliphatic rings. The molecule has 1 aliphatic carbocycles. The van der Waals surface area contributed by atoms with Gasteiger partial charge in [0.15, 0.2) is 11.0 Å².